The zero-order valence-electron chi connectivity index (χ0n) is 17.7. The molecule has 0 saturated carbocycles. The van der Waals surface area contributed by atoms with E-state index in [9.17, 15) is 9.59 Å². The lowest BCUT2D eigenvalue weighted by molar-refractivity contribution is -0.119. The third-order valence-corrected chi connectivity index (χ3v) is 6.26. The predicted molar refractivity (Wildman–Crippen MR) is 117 cm³/mol. The van der Waals surface area contributed by atoms with E-state index in [1.54, 1.807) is 4.90 Å². The molecule has 1 aromatic carbocycles. The van der Waals surface area contributed by atoms with Crippen molar-refractivity contribution in [2.24, 2.45) is 0 Å². The number of fused-ring (bicyclic) bond motifs is 3. The van der Waals surface area contributed by atoms with Crippen LogP contribution in [0.2, 0.25) is 0 Å². The Labute approximate surface area is 181 Å². The molecular weight excluding hydrogens is 396 g/mol. The fraction of sp³-hybridized carbons (Fsp3) is 0.500. The lowest BCUT2D eigenvalue weighted by atomic mass is 10.0. The average Bonchev–Trinajstić information content (AvgIpc) is 3.31. The summed E-state index contributed by atoms with van der Waals surface area (Å²) in [5.74, 6) is 0.951. The Morgan fingerprint density at radius 2 is 2.13 bits per heavy atom. The van der Waals surface area contributed by atoms with Crippen LogP contribution < -0.4 is 20.4 Å². The summed E-state index contributed by atoms with van der Waals surface area (Å²) in [6.45, 7) is 6.12. The molecule has 2 saturated heterocycles. The number of rotatable bonds is 4. The van der Waals surface area contributed by atoms with Gasteiger partial charge in [0.25, 0.3) is 0 Å². The van der Waals surface area contributed by atoms with E-state index in [0.717, 1.165) is 68.2 Å². The van der Waals surface area contributed by atoms with Gasteiger partial charge in [0.1, 0.15) is 6.10 Å². The maximum atomic E-state index is 12.4. The Kier molecular flexibility index (Phi) is 5.27. The van der Waals surface area contributed by atoms with Crippen LogP contribution >= 0.6 is 0 Å². The summed E-state index contributed by atoms with van der Waals surface area (Å²) in [6.07, 6.45) is 2.27. The van der Waals surface area contributed by atoms with E-state index in [1.165, 1.54) is 18.1 Å². The first-order valence-electron chi connectivity index (χ1n) is 11.0. The highest BCUT2D eigenvalue weighted by Gasteiger charge is 2.33. The molecule has 0 bridgehead atoms. The first kappa shape index (κ1) is 19.9. The van der Waals surface area contributed by atoms with Gasteiger partial charge in [0.05, 0.1) is 18.8 Å². The number of nitrogens with one attached hydrogen (secondary N) is 3. The van der Waals surface area contributed by atoms with Crippen LogP contribution in [0.3, 0.4) is 0 Å². The van der Waals surface area contributed by atoms with Crippen molar-refractivity contribution >= 4 is 23.5 Å². The Bertz CT molecular complexity index is 997. The summed E-state index contributed by atoms with van der Waals surface area (Å²) in [5, 5.41) is 14.1. The number of benzene rings is 1. The van der Waals surface area contributed by atoms with Gasteiger partial charge >= 0.3 is 6.09 Å². The summed E-state index contributed by atoms with van der Waals surface area (Å²) in [4.78, 5) is 27.6. The van der Waals surface area contributed by atoms with E-state index in [4.69, 9.17) is 4.74 Å². The summed E-state index contributed by atoms with van der Waals surface area (Å²) in [5.41, 5.74) is 5.60. The van der Waals surface area contributed by atoms with E-state index in [2.05, 4.69) is 37.9 Å². The first-order chi connectivity index (χ1) is 15.1. The van der Waals surface area contributed by atoms with Gasteiger partial charge in [-0.3, -0.25) is 14.8 Å². The number of carbonyl (C=O) groups is 2. The number of ether oxygens (including phenoxy) is 1. The van der Waals surface area contributed by atoms with Crippen molar-refractivity contribution in [1.82, 2.24) is 20.8 Å². The maximum absolute atomic E-state index is 12.4. The normalized spacial score (nSPS) is 20.7. The second-order valence-electron chi connectivity index (χ2n) is 8.39. The number of piperazine rings is 1. The predicted octanol–water partition coefficient (Wildman–Crippen LogP) is 1.44. The minimum Gasteiger partial charge on any atom is -0.442 e. The van der Waals surface area contributed by atoms with E-state index in [-0.39, 0.29) is 18.1 Å². The number of aromatic nitrogens is 2. The number of carbonyl (C=O) groups excluding carboxylic acids is 2. The van der Waals surface area contributed by atoms with Crippen LogP contribution in [0.1, 0.15) is 24.5 Å². The number of amides is 2. The van der Waals surface area contributed by atoms with Gasteiger partial charge in [-0.25, -0.2) is 4.79 Å². The zero-order valence-corrected chi connectivity index (χ0v) is 17.7. The molecule has 0 spiro atoms. The molecular formula is C22H28N6O3. The van der Waals surface area contributed by atoms with Crippen molar-refractivity contribution in [3.63, 3.8) is 0 Å². The summed E-state index contributed by atoms with van der Waals surface area (Å²) in [7, 11) is 0. The maximum Gasteiger partial charge on any atom is 0.414 e. The van der Waals surface area contributed by atoms with E-state index in [0.29, 0.717) is 13.1 Å². The van der Waals surface area contributed by atoms with Gasteiger partial charge in [0, 0.05) is 49.9 Å². The largest absolute Gasteiger partial charge is 0.442 e. The van der Waals surface area contributed by atoms with E-state index >= 15 is 0 Å². The van der Waals surface area contributed by atoms with Gasteiger partial charge in [0.2, 0.25) is 5.91 Å². The molecule has 9 heteroatoms. The first-order valence-corrected chi connectivity index (χ1v) is 11.0. The zero-order chi connectivity index (χ0) is 21.4. The molecule has 31 heavy (non-hydrogen) atoms. The minimum atomic E-state index is -0.368. The third-order valence-electron chi connectivity index (χ3n) is 6.26. The molecule has 2 amide bonds. The van der Waals surface area contributed by atoms with Crippen LogP contribution in [0, 0.1) is 0 Å². The number of anilines is 2. The average molecular weight is 425 g/mol. The standard InChI is InChI=1S/C22H28N6O3/c1-14(29)24-12-17-13-28(22(30)31-17)16-5-6-18-15(11-16)3-2-4-19-20(18)25-26-21(19)27-9-7-23-8-10-27/h5-6,11,17,23H,2-4,7-10,12-13H2,1H3,(H,24,29)(H,25,26)/t17-/m0/s1. The molecule has 164 valence electrons. The summed E-state index contributed by atoms with van der Waals surface area (Å²) < 4.78 is 5.42. The van der Waals surface area contributed by atoms with E-state index < -0.39 is 0 Å². The number of aromatic amines is 1. The molecule has 3 heterocycles. The van der Waals surface area contributed by atoms with Gasteiger partial charge in [-0.05, 0) is 37.0 Å². The fourth-order valence-electron chi connectivity index (χ4n) is 4.70. The van der Waals surface area contributed by atoms with Gasteiger partial charge in [-0.2, -0.15) is 5.10 Å². The smallest absolute Gasteiger partial charge is 0.414 e. The Balaban J connectivity index is 1.39. The molecule has 1 aromatic heterocycles. The van der Waals surface area contributed by atoms with E-state index in [1.807, 2.05) is 6.07 Å². The number of cyclic esters (lactones) is 1. The third kappa shape index (κ3) is 3.85. The second kappa shape index (κ2) is 8.22. The van der Waals surface area contributed by atoms with Gasteiger partial charge < -0.3 is 20.3 Å². The van der Waals surface area contributed by atoms with Crippen LogP contribution in [-0.2, 0) is 22.4 Å². The second-order valence-corrected chi connectivity index (χ2v) is 8.39. The minimum absolute atomic E-state index is 0.130. The molecule has 0 radical (unpaired) electrons. The summed E-state index contributed by atoms with van der Waals surface area (Å²) in [6, 6.07) is 6.15. The van der Waals surface area contributed by atoms with Crippen LogP contribution in [-0.4, -0.2) is 67.6 Å². The van der Waals surface area contributed by atoms with Crippen molar-refractivity contribution < 1.29 is 14.3 Å². The molecule has 2 aromatic rings. The highest BCUT2D eigenvalue weighted by atomic mass is 16.6. The van der Waals surface area contributed by atoms with Crippen molar-refractivity contribution in [3.8, 4) is 11.3 Å². The van der Waals surface area contributed by atoms with Crippen molar-refractivity contribution in [1.29, 1.82) is 0 Å². The topological polar surface area (TPSA) is 103 Å². The van der Waals surface area contributed by atoms with Crippen LogP contribution in [0.25, 0.3) is 11.3 Å². The lowest BCUT2D eigenvalue weighted by Gasteiger charge is -2.28. The number of H-pyrrole nitrogens is 1. The van der Waals surface area contributed by atoms with Crippen LogP contribution in [0.15, 0.2) is 18.2 Å². The molecule has 3 aliphatic rings. The van der Waals surface area contributed by atoms with Gasteiger partial charge in [-0.15, -0.1) is 0 Å². The monoisotopic (exact) mass is 424 g/mol. The van der Waals surface area contributed by atoms with Gasteiger partial charge in [-0.1, -0.05) is 6.07 Å². The number of hydrogen-bond acceptors (Lipinski definition) is 6. The van der Waals surface area contributed by atoms with Crippen LogP contribution in [0.5, 0.6) is 0 Å². The van der Waals surface area contributed by atoms with Crippen molar-refractivity contribution in [2.75, 3.05) is 49.1 Å². The van der Waals surface area contributed by atoms with Gasteiger partial charge in [0.15, 0.2) is 5.82 Å². The van der Waals surface area contributed by atoms with Crippen molar-refractivity contribution in [3.05, 3.63) is 29.3 Å². The number of hydrogen-bond donors (Lipinski definition) is 3. The fourth-order valence-corrected chi connectivity index (χ4v) is 4.70. The quantitative estimate of drug-likeness (QED) is 0.686. The Morgan fingerprint density at radius 1 is 1.29 bits per heavy atom. The highest BCUT2D eigenvalue weighted by molar-refractivity contribution is 5.90. The number of nitrogens with zero attached hydrogens (tertiary/aromatic N) is 3. The SMILES string of the molecule is CC(=O)NC[C@H]1CN(c2ccc3c(c2)CCCc2c(N4CCNCC4)n[nH]c2-3)C(=O)O1. The Morgan fingerprint density at radius 3 is 2.94 bits per heavy atom. The molecule has 0 unspecified atom stereocenters. The number of aryl methyl sites for hydroxylation is 1. The van der Waals surface area contributed by atoms with Crippen molar-refractivity contribution in [2.45, 2.75) is 32.3 Å². The molecule has 5 rings (SSSR count). The van der Waals surface area contributed by atoms with Crippen LogP contribution in [0.4, 0.5) is 16.3 Å². The molecule has 1 aliphatic carbocycles. The molecule has 3 N–H and O–H groups in total. The Hall–Kier alpha value is -3.07. The lowest BCUT2D eigenvalue weighted by Crippen LogP contribution is -2.44. The highest BCUT2D eigenvalue weighted by Crippen LogP contribution is 2.38. The molecule has 1 atom stereocenters. The summed E-state index contributed by atoms with van der Waals surface area (Å²) >= 11 is 0. The molecule has 9 nitrogen and oxygen atoms in total. The molecule has 2 aliphatic heterocycles. The molecule has 2 fully saturated rings.